The summed E-state index contributed by atoms with van der Waals surface area (Å²) in [6.07, 6.45) is 8.46. The fourth-order valence-electron chi connectivity index (χ4n) is 4.00. The van der Waals surface area contributed by atoms with Crippen LogP contribution in [0.4, 0.5) is 0 Å². The average molecular weight is 289 g/mol. The number of hydrogen-bond donors (Lipinski definition) is 1. The number of fused-ring (bicyclic) bond motifs is 1. The molecule has 0 aromatic carbocycles. The highest BCUT2D eigenvalue weighted by Crippen LogP contribution is 2.38. The Bertz CT molecular complexity index is 520. The second-order valence-electron chi connectivity index (χ2n) is 6.31. The highest BCUT2D eigenvalue weighted by Gasteiger charge is 2.41. The van der Waals surface area contributed by atoms with E-state index in [-0.39, 0.29) is 6.04 Å². The summed E-state index contributed by atoms with van der Waals surface area (Å²) in [4.78, 5) is 22.4. The molecule has 21 heavy (non-hydrogen) atoms. The lowest BCUT2D eigenvalue weighted by Crippen LogP contribution is -2.54. The van der Waals surface area contributed by atoms with E-state index in [2.05, 4.69) is 14.9 Å². The van der Waals surface area contributed by atoms with E-state index >= 15 is 0 Å². The van der Waals surface area contributed by atoms with E-state index in [1.54, 1.807) is 6.20 Å². The van der Waals surface area contributed by atoms with Crippen LogP contribution >= 0.6 is 0 Å². The summed E-state index contributed by atoms with van der Waals surface area (Å²) in [5.74, 6) is 0.721. The van der Waals surface area contributed by atoms with Crippen molar-refractivity contribution in [2.45, 2.75) is 64.1 Å². The molecule has 3 atom stereocenters. The Morgan fingerprint density at radius 1 is 1.33 bits per heavy atom. The number of aryl methyl sites for hydroxylation is 1. The topological polar surface area (TPSA) is 66.3 Å². The summed E-state index contributed by atoms with van der Waals surface area (Å²) < 4.78 is 0. The predicted octanol–water partition coefficient (Wildman–Crippen LogP) is 2.39. The van der Waals surface area contributed by atoms with Crippen molar-refractivity contribution >= 4 is 5.97 Å². The van der Waals surface area contributed by atoms with Crippen LogP contribution in [-0.2, 0) is 11.3 Å². The lowest BCUT2D eigenvalue weighted by atomic mass is 9.76. The number of hydrogen-bond acceptors (Lipinski definition) is 4. The van der Waals surface area contributed by atoms with E-state index in [1.165, 1.54) is 19.3 Å². The number of aromatic nitrogens is 2. The molecule has 1 aromatic rings. The highest BCUT2D eigenvalue weighted by atomic mass is 16.4. The third kappa shape index (κ3) is 3.07. The number of nitrogens with zero attached hydrogens (tertiary/aromatic N) is 3. The molecule has 1 saturated heterocycles. The summed E-state index contributed by atoms with van der Waals surface area (Å²) in [5, 5.41) is 9.56. The molecule has 0 amide bonds. The van der Waals surface area contributed by atoms with Gasteiger partial charge in [-0.15, -0.1) is 0 Å². The van der Waals surface area contributed by atoms with Crippen LogP contribution in [0.2, 0.25) is 0 Å². The van der Waals surface area contributed by atoms with Gasteiger partial charge in [0.15, 0.2) is 0 Å². The molecule has 114 valence electrons. The number of aliphatic carboxylic acids is 1. The zero-order valence-corrected chi connectivity index (χ0v) is 12.5. The summed E-state index contributed by atoms with van der Waals surface area (Å²) >= 11 is 0. The minimum absolute atomic E-state index is 0.361. The SMILES string of the molecule is Cc1nccc(CN2C(C(=O)O)CCC3CCCCC32)n1. The van der Waals surface area contributed by atoms with E-state index in [9.17, 15) is 9.90 Å². The van der Waals surface area contributed by atoms with Crippen molar-refractivity contribution in [1.82, 2.24) is 14.9 Å². The standard InChI is InChI=1S/C16H23N3O2/c1-11-17-9-8-13(18-11)10-19-14-5-3-2-4-12(14)6-7-15(19)16(20)21/h8-9,12,14-15H,2-7,10H2,1H3,(H,20,21). The van der Waals surface area contributed by atoms with Crippen LogP contribution in [0.1, 0.15) is 50.0 Å². The Labute approximate surface area is 125 Å². The molecular weight excluding hydrogens is 266 g/mol. The Morgan fingerprint density at radius 3 is 2.90 bits per heavy atom. The van der Waals surface area contributed by atoms with Crippen LogP contribution in [0.3, 0.4) is 0 Å². The normalized spacial score (nSPS) is 29.9. The van der Waals surface area contributed by atoms with Crippen molar-refractivity contribution in [3.05, 3.63) is 23.8 Å². The van der Waals surface area contributed by atoms with Crippen LogP contribution in [0, 0.1) is 12.8 Å². The molecule has 2 aliphatic rings. The summed E-state index contributed by atoms with van der Waals surface area (Å²) in [7, 11) is 0. The van der Waals surface area contributed by atoms with Gasteiger partial charge in [-0.25, -0.2) is 9.97 Å². The van der Waals surface area contributed by atoms with E-state index in [0.717, 1.165) is 30.8 Å². The molecule has 2 heterocycles. The summed E-state index contributed by atoms with van der Waals surface area (Å²) in [6.45, 7) is 2.50. The molecule has 1 aliphatic carbocycles. The molecule has 0 bridgehead atoms. The van der Waals surface area contributed by atoms with Crippen molar-refractivity contribution < 1.29 is 9.90 Å². The predicted molar refractivity (Wildman–Crippen MR) is 78.7 cm³/mol. The first-order valence-electron chi connectivity index (χ1n) is 7.92. The third-order valence-corrected chi connectivity index (χ3v) is 4.97. The van der Waals surface area contributed by atoms with Gasteiger partial charge in [-0.05, 0) is 44.6 Å². The lowest BCUT2D eigenvalue weighted by molar-refractivity contribution is -0.148. The zero-order chi connectivity index (χ0) is 14.8. The maximum Gasteiger partial charge on any atom is 0.320 e. The van der Waals surface area contributed by atoms with Gasteiger partial charge in [-0.3, -0.25) is 9.69 Å². The van der Waals surface area contributed by atoms with Gasteiger partial charge < -0.3 is 5.11 Å². The molecule has 3 rings (SSSR count). The van der Waals surface area contributed by atoms with Crippen LogP contribution in [0.5, 0.6) is 0 Å². The first-order valence-corrected chi connectivity index (χ1v) is 7.92. The molecule has 1 aromatic heterocycles. The van der Waals surface area contributed by atoms with Gasteiger partial charge in [-0.2, -0.15) is 0 Å². The Hall–Kier alpha value is -1.49. The second kappa shape index (κ2) is 6.10. The minimum atomic E-state index is -0.690. The minimum Gasteiger partial charge on any atom is -0.480 e. The summed E-state index contributed by atoms with van der Waals surface area (Å²) in [5.41, 5.74) is 0.931. The molecule has 2 fully saturated rings. The average Bonchev–Trinajstić information content (AvgIpc) is 2.47. The third-order valence-electron chi connectivity index (χ3n) is 4.97. The number of carboxylic acids is 1. The summed E-state index contributed by atoms with van der Waals surface area (Å²) in [6, 6.07) is 1.95. The van der Waals surface area contributed by atoms with E-state index < -0.39 is 5.97 Å². The van der Waals surface area contributed by atoms with Crippen LogP contribution in [0.15, 0.2) is 12.3 Å². The Balaban J connectivity index is 1.83. The van der Waals surface area contributed by atoms with Crippen molar-refractivity contribution in [2.75, 3.05) is 0 Å². The molecule has 5 nitrogen and oxygen atoms in total. The molecule has 1 N–H and O–H groups in total. The number of rotatable bonds is 3. The number of piperidine rings is 1. The Kier molecular flexibility index (Phi) is 4.19. The van der Waals surface area contributed by atoms with Gasteiger partial charge in [0, 0.05) is 18.8 Å². The van der Waals surface area contributed by atoms with E-state index in [1.807, 2.05) is 13.0 Å². The molecule has 0 spiro atoms. The fraction of sp³-hybridized carbons (Fsp3) is 0.688. The van der Waals surface area contributed by atoms with Crippen LogP contribution in [-0.4, -0.2) is 38.0 Å². The quantitative estimate of drug-likeness (QED) is 0.925. The maximum absolute atomic E-state index is 11.6. The zero-order valence-electron chi connectivity index (χ0n) is 12.5. The second-order valence-corrected chi connectivity index (χ2v) is 6.31. The Morgan fingerprint density at radius 2 is 2.14 bits per heavy atom. The van der Waals surface area contributed by atoms with Crippen molar-refractivity contribution in [3.63, 3.8) is 0 Å². The lowest BCUT2D eigenvalue weighted by Gasteiger charge is -2.47. The number of carbonyl (C=O) groups is 1. The maximum atomic E-state index is 11.6. The number of likely N-dealkylation sites (tertiary alicyclic amines) is 1. The fourth-order valence-corrected chi connectivity index (χ4v) is 4.00. The first kappa shape index (κ1) is 14.4. The van der Waals surface area contributed by atoms with Gasteiger partial charge in [0.2, 0.25) is 0 Å². The van der Waals surface area contributed by atoms with Gasteiger partial charge >= 0.3 is 5.97 Å². The molecule has 1 aliphatic heterocycles. The van der Waals surface area contributed by atoms with Gasteiger partial charge in [0.05, 0.1) is 5.69 Å². The van der Waals surface area contributed by atoms with Crippen LogP contribution in [0.25, 0.3) is 0 Å². The van der Waals surface area contributed by atoms with Crippen molar-refractivity contribution in [2.24, 2.45) is 5.92 Å². The highest BCUT2D eigenvalue weighted by molar-refractivity contribution is 5.73. The van der Waals surface area contributed by atoms with Crippen molar-refractivity contribution in [3.8, 4) is 0 Å². The first-order chi connectivity index (χ1) is 10.1. The van der Waals surface area contributed by atoms with Crippen LogP contribution < -0.4 is 0 Å². The molecular formula is C16H23N3O2. The number of carboxylic acid groups (broad SMARTS) is 1. The largest absolute Gasteiger partial charge is 0.480 e. The monoisotopic (exact) mass is 289 g/mol. The molecule has 3 unspecified atom stereocenters. The smallest absolute Gasteiger partial charge is 0.320 e. The van der Waals surface area contributed by atoms with E-state index in [4.69, 9.17) is 0 Å². The molecule has 1 saturated carbocycles. The molecule has 5 heteroatoms. The van der Waals surface area contributed by atoms with E-state index in [0.29, 0.717) is 18.5 Å². The van der Waals surface area contributed by atoms with Gasteiger partial charge in [0.1, 0.15) is 11.9 Å². The van der Waals surface area contributed by atoms with Gasteiger partial charge in [-0.1, -0.05) is 12.8 Å². The molecule has 0 radical (unpaired) electrons. The van der Waals surface area contributed by atoms with Gasteiger partial charge in [0.25, 0.3) is 0 Å². The van der Waals surface area contributed by atoms with Crippen molar-refractivity contribution in [1.29, 1.82) is 0 Å².